The predicted molar refractivity (Wildman–Crippen MR) is 86.6 cm³/mol. The SMILES string of the molecule is CC1CNC(c2ccccc2)CN1c1cnn(C(C)C)c1. The molecule has 0 radical (unpaired) electrons. The van der Waals surface area contributed by atoms with Gasteiger partial charge in [-0.05, 0) is 26.3 Å². The zero-order valence-corrected chi connectivity index (χ0v) is 13.0. The predicted octanol–water partition coefficient (Wildman–Crippen LogP) is 3.00. The summed E-state index contributed by atoms with van der Waals surface area (Å²) < 4.78 is 2.03. The van der Waals surface area contributed by atoms with Gasteiger partial charge in [-0.3, -0.25) is 4.68 Å². The van der Waals surface area contributed by atoms with Crippen LogP contribution in [0.25, 0.3) is 0 Å². The Hall–Kier alpha value is -1.81. The molecular formula is C17H24N4. The Bertz CT molecular complexity index is 575. The number of aromatic nitrogens is 2. The first-order chi connectivity index (χ1) is 10.1. The third-order valence-electron chi connectivity index (χ3n) is 4.22. The van der Waals surface area contributed by atoms with Crippen molar-refractivity contribution in [1.82, 2.24) is 15.1 Å². The van der Waals surface area contributed by atoms with Gasteiger partial charge in [0.15, 0.2) is 0 Å². The highest BCUT2D eigenvalue weighted by Crippen LogP contribution is 2.25. The summed E-state index contributed by atoms with van der Waals surface area (Å²) in [6.07, 6.45) is 4.15. The highest BCUT2D eigenvalue weighted by Gasteiger charge is 2.26. The molecular weight excluding hydrogens is 260 g/mol. The largest absolute Gasteiger partial charge is 0.363 e. The first-order valence-corrected chi connectivity index (χ1v) is 7.74. The van der Waals surface area contributed by atoms with Gasteiger partial charge in [-0.2, -0.15) is 5.10 Å². The Kier molecular flexibility index (Phi) is 3.97. The Morgan fingerprint density at radius 3 is 2.67 bits per heavy atom. The zero-order valence-electron chi connectivity index (χ0n) is 13.0. The number of piperazine rings is 1. The molecule has 0 aliphatic carbocycles. The third kappa shape index (κ3) is 2.95. The molecule has 1 aliphatic rings. The molecule has 3 rings (SSSR count). The summed E-state index contributed by atoms with van der Waals surface area (Å²) in [4.78, 5) is 2.46. The second-order valence-electron chi connectivity index (χ2n) is 6.15. The third-order valence-corrected chi connectivity index (χ3v) is 4.22. The van der Waals surface area contributed by atoms with Crippen molar-refractivity contribution in [3.8, 4) is 0 Å². The first kappa shape index (κ1) is 14.1. The van der Waals surface area contributed by atoms with Crippen molar-refractivity contribution < 1.29 is 0 Å². The maximum atomic E-state index is 4.48. The van der Waals surface area contributed by atoms with Gasteiger partial charge in [0, 0.05) is 37.4 Å². The van der Waals surface area contributed by atoms with E-state index in [2.05, 4.69) is 72.6 Å². The molecule has 1 saturated heterocycles. The molecule has 2 aromatic rings. The number of hydrogen-bond acceptors (Lipinski definition) is 3. The number of rotatable bonds is 3. The topological polar surface area (TPSA) is 33.1 Å². The number of hydrogen-bond donors (Lipinski definition) is 1. The standard InChI is InChI=1S/C17H24N4/c1-13(2)21-11-16(10-19-21)20-12-17(18-9-14(20)3)15-7-5-4-6-8-15/h4-8,10-11,13-14,17-18H,9,12H2,1-3H3. The van der Waals surface area contributed by atoms with Gasteiger partial charge in [-0.1, -0.05) is 30.3 Å². The average Bonchev–Trinajstić information content (AvgIpc) is 2.98. The van der Waals surface area contributed by atoms with Crippen LogP contribution in [0.15, 0.2) is 42.7 Å². The maximum Gasteiger partial charge on any atom is 0.0756 e. The quantitative estimate of drug-likeness (QED) is 0.940. The van der Waals surface area contributed by atoms with E-state index in [9.17, 15) is 0 Å². The lowest BCUT2D eigenvalue weighted by Crippen LogP contribution is -2.51. The molecule has 1 N–H and O–H groups in total. The Labute approximate surface area is 126 Å². The second-order valence-corrected chi connectivity index (χ2v) is 6.15. The summed E-state index contributed by atoms with van der Waals surface area (Å²) in [5, 5.41) is 8.12. The maximum absolute atomic E-state index is 4.48. The number of benzene rings is 1. The van der Waals surface area contributed by atoms with E-state index in [0.717, 1.165) is 13.1 Å². The molecule has 2 heterocycles. The smallest absolute Gasteiger partial charge is 0.0756 e. The van der Waals surface area contributed by atoms with E-state index in [1.165, 1.54) is 11.3 Å². The van der Waals surface area contributed by atoms with Gasteiger partial charge in [0.2, 0.25) is 0 Å². The lowest BCUT2D eigenvalue weighted by Gasteiger charge is -2.39. The minimum atomic E-state index is 0.379. The highest BCUT2D eigenvalue weighted by molar-refractivity contribution is 5.45. The van der Waals surface area contributed by atoms with E-state index >= 15 is 0 Å². The lowest BCUT2D eigenvalue weighted by molar-refractivity contribution is 0.414. The first-order valence-electron chi connectivity index (χ1n) is 7.74. The minimum Gasteiger partial charge on any atom is -0.363 e. The van der Waals surface area contributed by atoms with Gasteiger partial charge in [-0.15, -0.1) is 0 Å². The molecule has 0 spiro atoms. The van der Waals surface area contributed by atoms with Crippen LogP contribution in [-0.4, -0.2) is 28.9 Å². The van der Waals surface area contributed by atoms with Gasteiger partial charge in [0.05, 0.1) is 11.9 Å². The van der Waals surface area contributed by atoms with Gasteiger partial charge in [0.1, 0.15) is 0 Å². The van der Waals surface area contributed by atoms with Crippen LogP contribution in [-0.2, 0) is 0 Å². The number of nitrogens with zero attached hydrogens (tertiary/aromatic N) is 3. The van der Waals surface area contributed by atoms with Crippen molar-refractivity contribution in [2.45, 2.75) is 38.9 Å². The highest BCUT2D eigenvalue weighted by atomic mass is 15.3. The van der Waals surface area contributed by atoms with Crippen LogP contribution < -0.4 is 10.2 Å². The van der Waals surface area contributed by atoms with Gasteiger partial charge >= 0.3 is 0 Å². The fourth-order valence-corrected chi connectivity index (χ4v) is 2.89. The van der Waals surface area contributed by atoms with E-state index in [1.807, 2.05) is 10.9 Å². The molecule has 0 amide bonds. The molecule has 112 valence electrons. The van der Waals surface area contributed by atoms with Crippen molar-refractivity contribution in [3.05, 3.63) is 48.3 Å². The van der Waals surface area contributed by atoms with Gasteiger partial charge in [-0.25, -0.2) is 0 Å². The van der Waals surface area contributed by atoms with Crippen LogP contribution in [0.4, 0.5) is 5.69 Å². The molecule has 1 fully saturated rings. The van der Waals surface area contributed by atoms with Crippen LogP contribution in [0.5, 0.6) is 0 Å². The van der Waals surface area contributed by atoms with E-state index in [-0.39, 0.29) is 0 Å². The summed E-state index contributed by atoms with van der Waals surface area (Å²) in [6, 6.07) is 11.9. The van der Waals surface area contributed by atoms with Crippen molar-refractivity contribution >= 4 is 5.69 Å². The lowest BCUT2D eigenvalue weighted by atomic mass is 10.0. The van der Waals surface area contributed by atoms with Crippen LogP contribution >= 0.6 is 0 Å². The Morgan fingerprint density at radius 1 is 1.24 bits per heavy atom. The van der Waals surface area contributed by atoms with E-state index in [4.69, 9.17) is 0 Å². The second kappa shape index (κ2) is 5.90. The zero-order chi connectivity index (χ0) is 14.8. The molecule has 1 aromatic carbocycles. The van der Waals surface area contributed by atoms with Crippen molar-refractivity contribution in [1.29, 1.82) is 0 Å². The molecule has 2 atom stereocenters. The summed E-state index contributed by atoms with van der Waals surface area (Å²) in [6.45, 7) is 8.55. The van der Waals surface area contributed by atoms with Crippen molar-refractivity contribution in [3.63, 3.8) is 0 Å². The minimum absolute atomic E-state index is 0.379. The van der Waals surface area contributed by atoms with Gasteiger partial charge < -0.3 is 10.2 Å². The van der Waals surface area contributed by atoms with E-state index < -0.39 is 0 Å². The molecule has 2 unspecified atom stereocenters. The van der Waals surface area contributed by atoms with Crippen molar-refractivity contribution in [2.24, 2.45) is 0 Å². The summed E-state index contributed by atoms with van der Waals surface area (Å²) in [5.74, 6) is 0. The van der Waals surface area contributed by atoms with Crippen LogP contribution in [0.3, 0.4) is 0 Å². The number of nitrogens with one attached hydrogen (secondary N) is 1. The van der Waals surface area contributed by atoms with Crippen LogP contribution in [0.2, 0.25) is 0 Å². The fourth-order valence-electron chi connectivity index (χ4n) is 2.89. The Balaban J connectivity index is 1.80. The van der Waals surface area contributed by atoms with Crippen LogP contribution in [0, 0.1) is 0 Å². The average molecular weight is 284 g/mol. The number of anilines is 1. The fraction of sp³-hybridized carbons (Fsp3) is 0.471. The molecule has 0 saturated carbocycles. The van der Waals surface area contributed by atoms with Crippen LogP contribution in [0.1, 0.15) is 38.4 Å². The molecule has 1 aliphatic heterocycles. The monoisotopic (exact) mass is 284 g/mol. The molecule has 21 heavy (non-hydrogen) atoms. The summed E-state index contributed by atoms with van der Waals surface area (Å²) in [5.41, 5.74) is 2.57. The Morgan fingerprint density at radius 2 is 2.00 bits per heavy atom. The molecule has 4 nitrogen and oxygen atoms in total. The molecule has 0 bridgehead atoms. The van der Waals surface area contributed by atoms with Crippen molar-refractivity contribution in [2.75, 3.05) is 18.0 Å². The van der Waals surface area contributed by atoms with E-state index in [0.29, 0.717) is 18.1 Å². The molecule has 1 aromatic heterocycles. The summed E-state index contributed by atoms with van der Waals surface area (Å²) >= 11 is 0. The normalized spacial score (nSPS) is 22.8. The molecule has 4 heteroatoms. The summed E-state index contributed by atoms with van der Waals surface area (Å²) in [7, 11) is 0. The van der Waals surface area contributed by atoms with E-state index in [1.54, 1.807) is 0 Å². The van der Waals surface area contributed by atoms with Gasteiger partial charge in [0.25, 0.3) is 0 Å².